The minimum atomic E-state index is 0.368. The fourth-order valence-corrected chi connectivity index (χ4v) is 2.20. The van der Waals surface area contributed by atoms with E-state index in [1.54, 1.807) is 0 Å². The summed E-state index contributed by atoms with van der Waals surface area (Å²) in [5.41, 5.74) is 0. The van der Waals surface area contributed by atoms with Gasteiger partial charge in [-0.25, -0.2) is 0 Å². The molecule has 0 aliphatic carbocycles. The van der Waals surface area contributed by atoms with Gasteiger partial charge in [-0.15, -0.1) is 0 Å². The minimum absolute atomic E-state index is 0.368. The lowest BCUT2D eigenvalue weighted by Crippen LogP contribution is -2.47. The molecule has 0 aromatic heterocycles. The molecule has 0 unspecified atom stereocenters. The van der Waals surface area contributed by atoms with Crippen LogP contribution in [-0.4, -0.2) is 61.6 Å². The molecular formula is C12H26N2OS. The van der Waals surface area contributed by atoms with Crippen molar-refractivity contribution in [2.45, 2.75) is 32.3 Å². The van der Waals surface area contributed by atoms with E-state index in [9.17, 15) is 0 Å². The summed E-state index contributed by atoms with van der Waals surface area (Å²) in [6, 6.07) is 0. The van der Waals surface area contributed by atoms with Gasteiger partial charge in [-0.3, -0.25) is 9.80 Å². The average Bonchev–Trinajstić information content (AvgIpc) is 2.30. The molecule has 0 saturated carbocycles. The maximum atomic E-state index is 5.77. The Balaban J connectivity index is 2.19. The Morgan fingerprint density at radius 3 is 2.94 bits per heavy atom. The standard InChI is InChI=1S/C12H26N2OS/c1-3-4-5-6-14-7-8-15-12(10-14)9-13(2)11-16/h12,16H,3-11H2,1-2H3/t12-/m0/s1. The number of morpholine rings is 1. The molecule has 0 bridgehead atoms. The van der Waals surface area contributed by atoms with Gasteiger partial charge < -0.3 is 4.74 Å². The molecule has 0 N–H and O–H groups in total. The Kier molecular flexibility index (Phi) is 7.45. The first-order chi connectivity index (χ1) is 7.76. The zero-order valence-electron chi connectivity index (χ0n) is 10.7. The monoisotopic (exact) mass is 246 g/mol. The number of rotatable bonds is 7. The lowest BCUT2D eigenvalue weighted by molar-refractivity contribution is -0.0388. The van der Waals surface area contributed by atoms with Gasteiger partial charge in [-0.1, -0.05) is 19.8 Å². The zero-order valence-corrected chi connectivity index (χ0v) is 11.6. The van der Waals surface area contributed by atoms with E-state index >= 15 is 0 Å². The first-order valence-electron chi connectivity index (χ1n) is 6.39. The van der Waals surface area contributed by atoms with E-state index < -0.39 is 0 Å². The van der Waals surface area contributed by atoms with Crippen molar-refractivity contribution in [3.63, 3.8) is 0 Å². The van der Waals surface area contributed by atoms with Gasteiger partial charge in [0.05, 0.1) is 12.7 Å². The lowest BCUT2D eigenvalue weighted by atomic mass is 10.2. The molecule has 1 saturated heterocycles. The fourth-order valence-electron chi connectivity index (χ4n) is 2.08. The molecule has 0 radical (unpaired) electrons. The highest BCUT2D eigenvalue weighted by Crippen LogP contribution is 2.08. The molecule has 4 heteroatoms. The number of likely N-dealkylation sites (N-methyl/N-ethyl adjacent to an activating group) is 1. The third kappa shape index (κ3) is 5.53. The van der Waals surface area contributed by atoms with E-state index in [1.807, 2.05) is 0 Å². The first-order valence-corrected chi connectivity index (χ1v) is 7.03. The van der Waals surface area contributed by atoms with Crippen molar-refractivity contribution in [3.8, 4) is 0 Å². The molecule has 16 heavy (non-hydrogen) atoms. The molecule has 0 amide bonds. The summed E-state index contributed by atoms with van der Waals surface area (Å²) in [4.78, 5) is 4.74. The van der Waals surface area contributed by atoms with Gasteiger partial charge in [0.15, 0.2) is 0 Å². The minimum Gasteiger partial charge on any atom is -0.374 e. The summed E-state index contributed by atoms with van der Waals surface area (Å²) in [6.07, 6.45) is 4.34. The largest absolute Gasteiger partial charge is 0.374 e. The molecule has 1 aliphatic rings. The third-order valence-electron chi connectivity index (χ3n) is 3.06. The van der Waals surface area contributed by atoms with E-state index in [0.29, 0.717) is 6.10 Å². The van der Waals surface area contributed by atoms with E-state index in [4.69, 9.17) is 4.74 Å². The predicted octanol–water partition coefficient (Wildman–Crippen LogP) is 1.70. The number of nitrogens with zero attached hydrogens (tertiary/aromatic N) is 2. The van der Waals surface area contributed by atoms with Crippen molar-refractivity contribution in [3.05, 3.63) is 0 Å². The number of ether oxygens (including phenoxy) is 1. The van der Waals surface area contributed by atoms with Crippen molar-refractivity contribution in [2.75, 3.05) is 45.7 Å². The molecule has 1 rings (SSSR count). The van der Waals surface area contributed by atoms with Gasteiger partial charge in [0.25, 0.3) is 0 Å². The highest BCUT2D eigenvalue weighted by Gasteiger charge is 2.20. The fraction of sp³-hybridized carbons (Fsp3) is 1.00. The van der Waals surface area contributed by atoms with Crippen LogP contribution in [0.25, 0.3) is 0 Å². The highest BCUT2D eigenvalue weighted by molar-refractivity contribution is 7.80. The predicted molar refractivity (Wildman–Crippen MR) is 72.2 cm³/mol. The molecule has 1 fully saturated rings. The van der Waals surface area contributed by atoms with Gasteiger partial charge in [-0.2, -0.15) is 12.6 Å². The van der Waals surface area contributed by atoms with Crippen LogP contribution in [0.1, 0.15) is 26.2 Å². The van der Waals surface area contributed by atoms with Crippen LogP contribution in [0.4, 0.5) is 0 Å². The van der Waals surface area contributed by atoms with Gasteiger partial charge in [0.1, 0.15) is 0 Å². The summed E-state index contributed by atoms with van der Waals surface area (Å²) in [7, 11) is 2.09. The van der Waals surface area contributed by atoms with Crippen molar-refractivity contribution in [1.82, 2.24) is 9.80 Å². The van der Waals surface area contributed by atoms with Gasteiger partial charge >= 0.3 is 0 Å². The van der Waals surface area contributed by atoms with Crippen LogP contribution in [0, 0.1) is 0 Å². The summed E-state index contributed by atoms with van der Waals surface area (Å²) < 4.78 is 5.77. The Labute approximate surface area is 106 Å². The van der Waals surface area contributed by atoms with Crippen LogP contribution in [0.3, 0.4) is 0 Å². The molecule has 96 valence electrons. The Morgan fingerprint density at radius 1 is 1.44 bits per heavy atom. The Hall–Kier alpha value is 0.230. The van der Waals surface area contributed by atoms with Gasteiger partial charge in [-0.05, 0) is 20.0 Å². The molecule has 3 nitrogen and oxygen atoms in total. The lowest BCUT2D eigenvalue weighted by Gasteiger charge is -2.34. The van der Waals surface area contributed by atoms with E-state index in [-0.39, 0.29) is 0 Å². The van der Waals surface area contributed by atoms with Crippen molar-refractivity contribution < 1.29 is 4.74 Å². The van der Waals surface area contributed by atoms with Crippen molar-refractivity contribution in [2.24, 2.45) is 0 Å². The first kappa shape index (κ1) is 14.3. The van der Waals surface area contributed by atoms with Crippen LogP contribution >= 0.6 is 12.6 Å². The second kappa shape index (κ2) is 8.34. The number of unbranched alkanes of at least 4 members (excludes halogenated alkanes) is 2. The summed E-state index contributed by atoms with van der Waals surface area (Å²) in [6.45, 7) is 7.56. The maximum Gasteiger partial charge on any atom is 0.0829 e. The molecular weight excluding hydrogens is 220 g/mol. The molecule has 1 heterocycles. The Bertz CT molecular complexity index is 180. The zero-order chi connectivity index (χ0) is 11.8. The van der Waals surface area contributed by atoms with E-state index in [0.717, 1.165) is 32.1 Å². The quantitative estimate of drug-likeness (QED) is 0.418. The molecule has 0 aromatic carbocycles. The van der Waals surface area contributed by atoms with Crippen LogP contribution in [0.2, 0.25) is 0 Å². The number of thiol groups is 1. The number of hydrogen-bond acceptors (Lipinski definition) is 4. The highest BCUT2D eigenvalue weighted by atomic mass is 32.1. The molecule has 1 atom stereocenters. The third-order valence-corrected chi connectivity index (χ3v) is 3.54. The van der Waals surface area contributed by atoms with Gasteiger partial charge in [0.2, 0.25) is 0 Å². The average molecular weight is 246 g/mol. The van der Waals surface area contributed by atoms with E-state index in [1.165, 1.54) is 25.8 Å². The Morgan fingerprint density at radius 2 is 2.25 bits per heavy atom. The maximum absolute atomic E-state index is 5.77. The topological polar surface area (TPSA) is 15.7 Å². The second-order valence-corrected chi connectivity index (χ2v) is 4.96. The van der Waals surface area contributed by atoms with E-state index in [2.05, 4.69) is 36.4 Å². The second-order valence-electron chi connectivity index (χ2n) is 4.68. The molecule has 0 spiro atoms. The smallest absolute Gasteiger partial charge is 0.0829 e. The molecule has 0 aromatic rings. The normalized spacial score (nSPS) is 22.9. The van der Waals surface area contributed by atoms with Crippen LogP contribution in [0.15, 0.2) is 0 Å². The van der Waals surface area contributed by atoms with Crippen molar-refractivity contribution in [1.29, 1.82) is 0 Å². The van der Waals surface area contributed by atoms with Crippen LogP contribution in [0.5, 0.6) is 0 Å². The SMILES string of the molecule is CCCCCN1CCO[C@@H](CN(C)CS)C1. The summed E-state index contributed by atoms with van der Waals surface area (Å²) in [5, 5.41) is 0. The summed E-state index contributed by atoms with van der Waals surface area (Å²) >= 11 is 4.26. The van der Waals surface area contributed by atoms with Crippen LogP contribution in [-0.2, 0) is 4.74 Å². The van der Waals surface area contributed by atoms with Crippen LogP contribution < -0.4 is 0 Å². The van der Waals surface area contributed by atoms with Crippen molar-refractivity contribution >= 4 is 12.6 Å². The van der Waals surface area contributed by atoms with Gasteiger partial charge in [0, 0.05) is 25.5 Å². The summed E-state index contributed by atoms with van der Waals surface area (Å²) in [5.74, 6) is 0.801. The molecule has 1 aliphatic heterocycles. The number of hydrogen-bond donors (Lipinski definition) is 1.